The summed E-state index contributed by atoms with van der Waals surface area (Å²) in [6.45, 7) is 8.93. The van der Waals surface area contributed by atoms with Gasteiger partial charge in [-0.25, -0.2) is 9.18 Å². The smallest absolute Gasteiger partial charge is 0.291 e. The van der Waals surface area contributed by atoms with Gasteiger partial charge in [-0.2, -0.15) is 5.10 Å². The van der Waals surface area contributed by atoms with Crippen molar-refractivity contribution in [3.05, 3.63) is 52.4 Å². The number of rotatable bonds is 5. The normalized spacial score (nSPS) is 17.1. The monoisotopic (exact) mass is 414 g/mol. The molecule has 1 aliphatic carbocycles. The number of carbonyl (C=O) groups is 1. The molecule has 2 amide bonds. The van der Waals surface area contributed by atoms with E-state index in [9.17, 15) is 9.18 Å². The van der Waals surface area contributed by atoms with E-state index in [1.54, 1.807) is 12.1 Å². The van der Waals surface area contributed by atoms with Crippen LogP contribution in [0.5, 0.6) is 0 Å². The number of amides is 2. The number of hydrogen-bond donors (Lipinski definition) is 3. The molecule has 1 aliphatic rings. The molecule has 0 unspecified atom stereocenters. The molecule has 3 N–H and O–H groups in total. The van der Waals surface area contributed by atoms with Gasteiger partial charge >= 0.3 is 6.03 Å². The summed E-state index contributed by atoms with van der Waals surface area (Å²) in [5, 5.41) is 21.8. The SMILES string of the molecule is CC1(C)C(c2cc(NC(=O)Nc3nnc(Cc4ccc(F)cc4)s3)n[nH]2)C1(C)C. The summed E-state index contributed by atoms with van der Waals surface area (Å²) in [5.41, 5.74) is 2.32. The van der Waals surface area contributed by atoms with Gasteiger partial charge in [0.15, 0.2) is 5.82 Å². The maximum Gasteiger partial charge on any atom is 0.326 e. The Bertz CT molecular complexity index is 1030. The zero-order valence-corrected chi connectivity index (χ0v) is 17.5. The molecular weight excluding hydrogens is 391 g/mol. The number of aromatic nitrogens is 4. The third-order valence-corrected chi connectivity index (χ3v) is 6.97. The Morgan fingerprint density at radius 2 is 1.83 bits per heavy atom. The van der Waals surface area contributed by atoms with Crippen molar-refractivity contribution in [3.8, 4) is 0 Å². The van der Waals surface area contributed by atoms with Crippen LogP contribution < -0.4 is 10.6 Å². The number of hydrogen-bond acceptors (Lipinski definition) is 5. The first-order valence-corrected chi connectivity index (χ1v) is 10.2. The van der Waals surface area contributed by atoms with E-state index in [0.717, 1.165) is 16.3 Å². The predicted octanol–water partition coefficient (Wildman–Crippen LogP) is 4.78. The maximum absolute atomic E-state index is 13.0. The Hall–Kier alpha value is -2.81. The molecule has 0 saturated heterocycles. The Balaban J connectivity index is 1.34. The Labute approximate surface area is 172 Å². The van der Waals surface area contributed by atoms with Crippen molar-refractivity contribution in [2.24, 2.45) is 10.8 Å². The molecule has 4 rings (SSSR count). The zero-order chi connectivity index (χ0) is 20.8. The second-order valence-corrected chi connectivity index (χ2v) is 9.53. The van der Waals surface area contributed by atoms with Gasteiger partial charge in [0.2, 0.25) is 5.13 Å². The number of anilines is 2. The summed E-state index contributed by atoms with van der Waals surface area (Å²) in [6.07, 6.45) is 0.525. The molecule has 7 nitrogen and oxygen atoms in total. The molecule has 0 spiro atoms. The second-order valence-electron chi connectivity index (χ2n) is 8.47. The average Bonchev–Trinajstić information content (AvgIpc) is 3.08. The Morgan fingerprint density at radius 1 is 1.14 bits per heavy atom. The van der Waals surface area contributed by atoms with Crippen LogP contribution in [-0.2, 0) is 6.42 Å². The standard InChI is InChI=1S/C20H23FN6OS/c1-19(2)16(20(19,3)4)13-10-14(25-24-13)22-17(28)23-18-27-26-15(29-18)9-11-5-7-12(21)8-6-11/h5-8,10,16H,9H2,1-4H3,(H3,22,23,24,25,27,28). The fourth-order valence-corrected chi connectivity index (χ4v) is 4.69. The van der Waals surface area contributed by atoms with Gasteiger partial charge in [0.1, 0.15) is 10.8 Å². The van der Waals surface area contributed by atoms with Gasteiger partial charge in [0, 0.05) is 24.1 Å². The largest absolute Gasteiger partial charge is 0.326 e. The summed E-state index contributed by atoms with van der Waals surface area (Å²) in [5.74, 6) is 0.561. The van der Waals surface area contributed by atoms with Crippen LogP contribution in [0, 0.1) is 16.6 Å². The highest BCUT2D eigenvalue weighted by molar-refractivity contribution is 7.15. The van der Waals surface area contributed by atoms with Crippen LogP contribution >= 0.6 is 11.3 Å². The first-order chi connectivity index (χ1) is 13.7. The molecule has 1 fully saturated rings. The van der Waals surface area contributed by atoms with E-state index in [1.807, 2.05) is 6.07 Å². The number of nitrogens with one attached hydrogen (secondary N) is 3. The second kappa shape index (κ2) is 6.91. The van der Waals surface area contributed by atoms with Crippen molar-refractivity contribution < 1.29 is 9.18 Å². The molecule has 1 aromatic carbocycles. The van der Waals surface area contributed by atoms with Gasteiger partial charge in [0.05, 0.1) is 0 Å². The summed E-state index contributed by atoms with van der Waals surface area (Å²) < 4.78 is 13.0. The molecule has 2 heterocycles. The lowest BCUT2D eigenvalue weighted by Crippen LogP contribution is -2.19. The molecule has 0 aliphatic heterocycles. The van der Waals surface area contributed by atoms with E-state index in [4.69, 9.17) is 0 Å². The Morgan fingerprint density at radius 3 is 2.48 bits per heavy atom. The molecule has 3 aromatic rings. The van der Waals surface area contributed by atoms with Crippen LogP contribution in [0.2, 0.25) is 0 Å². The number of carbonyl (C=O) groups excluding carboxylic acids is 1. The lowest BCUT2D eigenvalue weighted by Gasteiger charge is -2.03. The highest BCUT2D eigenvalue weighted by Crippen LogP contribution is 2.73. The van der Waals surface area contributed by atoms with Gasteiger partial charge in [-0.05, 0) is 28.5 Å². The maximum atomic E-state index is 13.0. The zero-order valence-electron chi connectivity index (χ0n) is 16.7. The predicted molar refractivity (Wildman–Crippen MR) is 111 cm³/mol. The van der Waals surface area contributed by atoms with E-state index in [0.29, 0.717) is 23.3 Å². The van der Waals surface area contributed by atoms with E-state index >= 15 is 0 Å². The third-order valence-electron chi connectivity index (χ3n) is 6.13. The van der Waals surface area contributed by atoms with Crippen LogP contribution in [0.25, 0.3) is 0 Å². The molecule has 29 heavy (non-hydrogen) atoms. The van der Waals surface area contributed by atoms with Crippen LogP contribution in [0.4, 0.5) is 20.1 Å². The van der Waals surface area contributed by atoms with Gasteiger partial charge < -0.3 is 0 Å². The molecule has 0 radical (unpaired) electrons. The first kappa shape index (κ1) is 19.5. The number of nitrogens with zero attached hydrogens (tertiary/aromatic N) is 3. The third kappa shape index (κ3) is 3.74. The number of benzene rings is 1. The molecule has 0 atom stereocenters. The van der Waals surface area contributed by atoms with Crippen LogP contribution in [0.15, 0.2) is 30.3 Å². The lowest BCUT2D eigenvalue weighted by atomic mass is 10.0. The van der Waals surface area contributed by atoms with E-state index in [-0.39, 0.29) is 16.6 Å². The van der Waals surface area contributed by atoms with Crippen LogP contribution in [-0.4, -0.2) is 26.4 Å². The van der Waals surface area contributed by atoms with E-state index in [2.05, 4.69) is 58.7 Å². The minimum Gasteiger partial charge on any atom is -0.291 e. The van der Waals surface area contributed by atoms with Crippen LogP contribution in [0.3, 0.4) is 0 Å². The van der Waals surface area contributed by atoms with Gasteiger partial charge in [0.25, 0.3) is 0 Å². The molecule has 152 valence electrons. The highest BCUT2D eigenvalue weighted by Gasteiger charge is 2.65. The molecule has 9 heteroatoms. The minimum absolute atomic E-state index is 0.187. The van der Waals surface area contributed by atoms with Gasteiger partial charge in [-0.3, -0.25) is 15.7 Å². The van der Waals surface area contributed by atoms with E-state index < -0.39 is 6.03 Å². The summed E-state index contributed by atoms with van der Waals surface area (Å²) in [7, 11) is 0. The molecular formula is C20H23FN6OS. The van der Waals surface area contributed by atoms with Crippen molar-refractivity contribution >= 4 is 28.3 Å². The van der Waals surface area contributed by atoms with E-state index in [1.165, 1.54) is 23.5 Å². The van der Waals surface area contributed by atoms with Crippen molar-refractivity contribution in [1.82, 2.24) is 20.4 Å². The van der Waals surface area contributed by atoms with Crippen molar-refractivity contribution in [2.45, 2.75) is 40.0 Å². The topological polar surface area (TPSA) is 95.6 Å². The minimum atomic E-state index is -0.429. The fourth-order valence-electron chi connectivity index (χ4n) is 3.92. The van der Waals surface area contributed by atoms with Crippen molar-refractivity contribution in [3.63, 3.8) is 0 Å². The van der Waals surface area contributed by atoms with Crippen molar-refractivity contribution in [2.75, 3.05) is 10.6 Å². The first-order valence-electron chi connectivity index (χ1n) is 9.37. The molecule has 1 saturated carbocycles. The van der Waals surface area contributed by atoms with Gasteiger partial charge in [-0.1, -0.05) is 51.2 Å². The van der Waals surface area contributed by atoms with Crippen LogP contribution in [0.1, 0.15) is 49.9 Å². The fraction of sp³-hybridized carbons (Fsp3) is 0.400. The summed E-state index contributed by atoms with van der Waals surface area (Å²) in [6, 6.07) is 7.67. The number of aromatic amines is 1. The Kier molecular flexibility index (Phi) is 4.65. The molecule has 2 aromatic heterocycles. The average molecular weight is 415 g/mol. The molecule has 0 bridgehead atoms. The van der Waals surface area contributed by atoms with Crippen molar-refractivity contribution in [1.29, 1.82) is 0 Å². The van der Waals surface area contributed by atoms with Gasteiger partial charge in [-0.15, -0.1) is 10.2 Å². The number of halogens is 1. The quantitative estimate of drug-likeness (QED) is 0.560. The summed E-state index contributed by atoms with van der Waals surface area (Å²) >= 11 is 1.27. The lowest BCUT2D eigenvalue weighted by molar-refractivity contribution is 0.262. The number of urea groups is 1. The number of H-pyrrole nitrogens is 1. The summed E-state index contributed by atoms with van der Waals surface area (Å²) in [4.78, 5) is 12.3. The highest BCUT2D eigenvalue weighted by atomic mass is 32.1.